The number of hydrogen-bond acceptors (Lipinski definition) is 3. The average Bonchev–Trinajstić information content (AvgIpc) is 2.18. The molecule has 1 aromatic rings. The smallest absolute Gasteiger partial charge is 0.151 e. The summed E-state index contributed by atoms with van der Waals surface area (Å²) in [7, 11) is 0. The number of rotatable bonds is 1. The first-order chi connectivity index (χ1) is 6.75. The molecule has 76 valence electrons. The van der Waals surface area contributed by atoms with Crippen molar-refractivity contribution in [1.82, 2.24) is 10.2 Å². The molecule has 0 spiro atoms. The van der Waals surface area contributed by atoms with Crippen molar-refractivity contribution in [1.29, 1.82) is 0 Å². The topological polar surface area (TPSA) is 29.0 Å². The van der Waals surface area contributed by atoms with Crippen molar-refractivity contribution in [3.63, 3.8) is 0 Å². The number of alkyl halides is 1. The molecule has 2 rings (SSSR count). The lowest BCUT2D eigenvalue weighted by Gasteiger charge is -2.30. The molecule has 1 fully saturated rings. The molecule has 1 aliphatic heterocycles. The number of aryl methyl sites for hydroxylation is 1. The Morgan fingerprint density at radius 3 is 3.14 bits per heavy atom. The third-order valence-corrected chi connectivity index (χ3v) is 2.82. The van der Waals surface area contributed by atoms with Gasteiger partial charge in [0.2, 0.25) is 0 Å². The van der Waals surface area contributed by atoms with Gasteiger partial charge in [0.05, 0.1) is 11.6 Å². The summed E-state index contributed by atoms with van der Waals surface area (Å²) < 4.78 is 0. The van der Waals surface area contributed by atoms with Gasteiger partial charge in [0, 0.05) is 13.1 Å². The van der Waals surface area contributed by atoms with Gasteiger partial charge in [0.1, 0.15) is 0 Å². The highest BCUT2D eigenvalue weighted by Crippen LogP contribution is 2.20. The molecule has 0 saturated carbocycles. The maximum absolute atomic E-state index is 6.11. The SMILES string of the molecule is Cc1cnnc(N2CCCC(Cl)C2)c1. The van der Waals surface area contributed by atoms with Gasteiger partial charge in [-0.25, -0.2) is 0 Å². The van der Waals surface area contributed by atoms with E-state index in [1.165, 1.54) is 0 Å². The van der Waals surface area contributed by atoms with Gasteiger partial charge in [-0.1, -0.05) is 0 Å². The van der Waals surface area contributed by atoms with E-state index in [0.717, 1.165) is 37.3 Å². The number of hydrogen-bond donors (Lipinski definition) is 0. The van der Waals surface area contributed by atoms with Gasteiger partial charge >= 0.3 is 0 Å². The molecule has 1 aromatic heterocycles. The summed E-state index contributed by atoms with van der Waals surface area (Å²) in [5.41, 5.74) is 1.15. The lowest BCUT2D eigenvalue weighted by Crippen LogP contribution is -2.36. The van der Waals surface area contributed by atoms with Crippen LogP contribution < -0.4 is 4.90 Å². The van der Waals surface area contributed by atoms with E-state index in [1.54, 1.807) is 6.20 Å². The molecule has 0 aromatic carbocycles. The second-order valence-corrected chi connectivity index (χ2v) is 4.39. The molecule has 0 bridgehead atoms. The van der Waals surface area contributed by atoms with Gasteiger partial charge in [0.25, 0.3) is 0 Å². The van der Waals surface area contributed by atoms with Crippen LogP contribution in [0.4, 0.5) is 5.82 Å². The third kappa shape index (κ3) is 2.15. The fourth-order valence-corrected chi connectivity index (χ4v) is 2.06. The highest BCUT2D eigenvalue weighted by atomic mass is 35.5. The summed E-state index contributed by atoms with van der Waals surface area (Å²) in [5, 5.41) is 8.32. The normalized spacial score (nSPS) is 22.4. The zero-order valence-electron chi connectivity index (χ0n) is 8.28. The van der Waals surface area contributed by atoms with E-state index in [1.807, 2.05) is 6.92 Å². The average molecular weight is 212 g/mol. The van der Waals surface area contributed by atoms with Crippen molar-refractivity contribution in [2.45, 2.75) is 25.1 Å². The maximum Gasteiger partial charge on any atom is 0.151 e. The van der Waals surface area contributed by atoms with Crippen molar-refractivity contribution in [2.75, 3.05) is 18.0 Å². The van der Waals surface area contributed by atoms with Gasteiger partial charge in [-0.2, -0.15) is 5.10 Å². The van der Waals surface area contributed by atoms with Crippen molar-refractivity contribution in [3.8, 4) is 0 Å². The molecule has 1 aliphatic rings. The monoisotopic (exact) mass is 211 g/mol. The molecule has 1 unspecified atom stereocenters. The Morgan fingerprint density at radius 1 is 1.57 bits per heavy atom. The van der Waals surface area contributed by atoms with Crippen molar-refractivity contribution in [3.05, 3.63) is 17.8 Å². The van der Waals surface area contributed by atoms with Crippen LogP contribution in [-0.4, -0.2) is 28.7 Å². The first-order valence-electron chi connectivity index (χ1n) is 4.94. The largest absolute Gasteiger partial charge is 0.354 e. The molecule has 3 nitrogen and oxygen atoms in total. The summed E-state index contributed by atoms with van der Waals surface area (Å²) in [6, 6.07) is 2.06. The Balaban J connectivity index is 2.14. The number of aromatic nitrogens is 2. The second kappa shape index (κ2) is 4.13. The van der Waals surface area contributed by atoms with E-state index in [4.69, 9.17) is 11.6 Å². The number of nitrogens with zero attached hydrogens (tertiary/aromatic N) is 3. The van der Waals surface area contributed by atoms with Crippen LogP contribution in [0.1, 0.15) is 18.4 Å². The van der Waals surface area contributed by atoms with E-state index < -0.39 is 0 Å². The molecule has 14 heavy (non-hydrogen) atoms. The lowest BCUT2D eigenvalue weighted by atomic mass is 10.1. The Hall–Kier alpha value is -0.830. The molecule has 0 N–H and O–H groups in total. The molecule has 0 aliphatic carbocycles. The predicted molar refractivity (Wildman–Crippen MR) is 57.9 cm³/mol. The van der Waals surface area contributed by atoms with Gasteiger partial charge in [-0.3, -0.25) is 0 Å². The zero-order chi connectivity index (χ0) is 9.97. The Kier molecular flexibility index (Phi) is 2.87. The molecule has 1 saturated heterocycles. The quantitative estimate of drug-likeness (QED) is 0.666. The van der Waals surface area contributed by atoms with Gasteiger partial charge in [0.15, 0.2) is 5.82 Å². The zero-order valence-corrected chi connectivity index (χ0v) is 9.04. The molecule has 4 heteroatoms. The molecule has 1 atom stereocenters. The lowest BCUT2D eigenvalue weighted by molar-refractivity contribution is 0.577. The maximum atomic E-state index is 6.11. The number of piperidine rings is 1. The van der Waals surface area contributed by atoms with Gasteiger partial charge < -0.3 is 4.90 Å². The Bertz CT molecular complexity index is 316. The van der Waals surface area contributed by atoms with E-state index >= 15 is 0 Å². The molecule has 0 amide bonds. The van der Waals surface area contributed by atoms with Crippen LogP contribution in [0.5, 0.6) is 0 Å². The van der Waals surface area contributed by atoms with Crippen molar-refractivity contribution in [2.24, 2.45) is 0 Å². The molecular weight excluding hydrogens is 198 g/mol. The van der Waals surface area contributed by atoms with E-state index in [-0.39, 0.29) is 5.38 Å². The molecule has 0 radical (unpaired) electrons. The first-order valence-corrected chi connectivity index (χ1v) is 5.38. The number of anilines is 1. The van der Waals surface area contributed by atoms with Crippen LogP contribution in [0.2, 0.25) is 0 Å². The van der Waals surface area contributed by atoms with Gasteiger partial charge in [-0.05, 0) is 31.4 Å². The highest BCUT2D eigenvalue weighted by molar-refractivity contribution is 6.21. The third-order valence-electron chi connectivity index (χ3n) is 2.47. The van der Waals surface area contributed by atoms with Crippen LogP contribution >= 0.6 is 11.6 Å². The second-order valence-electron chi connectivity index (χ2n) is 3.78. The van der Waals surface area contributed by atoms with E-state index in [2.05, 4.69) is 21.2 Å². The van der Waals surface area contributed by atoms with E-state index in [0.29, 0.717) is 0 Å². The Morgan fingerprint density at radius 2 is 2.43 bits per heavy atom. The number of halogens is 1. The van der Waals surface area contributed by atoms with Crippen LogP contribution in [-0.2, 0) is 0 Å². The van der Waals surface area contributed by atoms with Crippen molar-refractivity contribution >= 4 is 17.4 Å². The summed E-state index contributed by atoms with van der Waals surface area (Å²) >= 11 is 6.11. The predicted octanol–water partition coefficient (Wildman–Crippen LogP) is 1.99. The fourth-order valence-electron chi connectivity index (χ4n) is 1.74. The van der Waals surface area contributed by atoms with Crippen LogP contribution in [0.3, 0.4) is 0 Å². The summed E-state index contributed by atoms with van der Waals surface area (Å²) in [5.74, 6) is 0.954. The fraction of sp³-hybridized carbons (Fsp3) is 0.600. The summed E-state index contributed by atoms with van der Waals surface area (Å²) in [4.78, 5) is 2.21. The van der Waals surface area contributed by atoms with Crippen LogP contribution in [0, 0.1) is 6.92 Å². The first kappa shape index (κ1) is 9.71. The standard InChI is InChI=1S/C10H14ClN3/c1-8-5-10(13-12-6-8)14-4-2-3-9(11)7-14/h5-6,9H,2-4,7H2,1H3. The highest BCUT2D eigenvalue weighted by Gasteiger charge is 2.18. The molecule has 2 heterocycles. The minimum absolute atomic E-state index is 0.256. The van der Waals surface area contributed by atoms with Gasteiger partial charge in [-0.15, -0.1) is 16.7 Å². The van der Waals surface area contributed by atoms with Crippen LogP contribution in [0.15, 0.2) is 12.3 Å². The minimum atomic E-state index is 0.256. The summed E-state index contributed by atoms with van der Waals surface area (Å²) in [6.45, 7) is 3.96. The van der Waals surface area contributed by atoms with E-state index in [9.17, 15) is 0 Å². The summed E-state index contributed by atoms with van der Waals surface area (Å²) in [6.07, 6.45) is 4.02. The Labute approximate surface area is 89.1 Å². The van der Waals surface area contributed by atoms with Crippen LogP contribution in [0.25, 0.3) is 0 Å². The molecular formula is C10H14ClN3. The minimum Gasteiger partial charge on any atom is -0.354 e. The van der Waals surface area contributed by atoms with Crippen molar-refractivity contribution < 1.29 is 0 Å².